The Kier molecular flexibility index (Phi) is 10.2. The van der Waals surface area contributed by atoms with Crippen LogP contribution in [-0.2, 0) is 11.2 Å². The number of benzene rings is 2. The van der Waals surface area contributed by atoms with Crippen molar-refractivity contribution in [1.29, 1.82) is 0 Å². The number of nitrogens with zero attached hydrogens (tertiary/aromatic N) is 2. The van der Waals surface area contributed by atoms with Crippen LogP contribution in [0.2, 0.25) is 0 Å². The van der Waals surface area contributed by atoms with Crippen molar-refractivity contribution in [3.63, 3.8) is 0 Å². The molecule has 1 heterocycles. The third kappa shape index (κ3) is 7.88. The van der Waals surface area contributed by atoms with E-state index in [1.807, 2.05) is 29.1 Å². The summed E-state index contributed by atoms with van der Waals surface area (Å²) >= 11 is 0. The highest BCUT2D eigenvalue weighted by molar-refractivity contribution is 5.89. The molecule has 0 aliphatic heterocycles. The van der Waals surface area contributed by atoms with Gasteiger partial charge in [-0.1, -0.05) is 89.0 Å². The normalized spacial score (nSPS) is 11.0. The first kappa shape index (κ1) is 24.8. The van der Waals surface area contributed by atoms with Crippen molar-refractivity contribution in [1.82, 2.24) is 9.78 Å². The molecular weight excluding hydrogens is 408 g/mol. The fourth-order valence-corrected chi connectivity index (χ4v) is 4.15. The Bertz CT molecular complexity index is 958. The van der Waals surface area contributed by atoms with E-state index >= 15 is 0 Å². The number of hydrogen-bond donors (Lipinski definition) is 0. The van der Waals surface area contributed by atoms with Crippen LogP contribution in [0.15, 0.2) is 60.8 Å². The van der Waals surface area contributed by atoms with Crippen LogP contribution in [0, 0.1) is 0 Å². The zero-order valence-electron chi connectivity index (χ0n) is 20.3. The average molecular weight is 447 g/mol. The summed E-state index contributed by atoms with van der Waals surface area (Å²) in [5.74, 6) is -0.329. The van der Waals surface area contributed by atoms with Crippen LogP contribution in [0.5, 0.6) is 0 Å². The lowest BCUT2D eigenvalue weighted by molar-refractivity contribution is 0.0600. The molecule has 176 valence electrons. The van der Waals surface area contributed by atoms with Gasteiger partial charge in [0.2, 0.25) is 0 Å². The van der Waals surface area contributed by atoms with Crippen molar-refractivity contribution in [2.24, 2.45) is 0 Å². The van der Waals surface area contributed by atoms with Crippen molar-refractivity contribution in [2.45, 2.75) is 77.6 Å². The minimum absolute atomic E-state index is 0.329. The smallest absolute Gasteiger partial charge is 0.337 e. The van der Waals surface area contributed by atoms with E-state index in [0.717, 1.165) is 23.4 Å². The first-order chi connectivity index (χ1) is 16.2. The van der Waals surface area contributed by atoms with Crippen LogP contribution in [0.4, 0.5) is 0 Å². The predicted molar refractivity (Wildman–Crippen MR) is 136 cm³/mol. The summed E-state index contributed by atoms with van der Waals surface area (Å²) in [4.78, 5) is 11.6. The molecule has 0 aliphatic rings. The molecule has 0 bridgehead atoms. The number of aromatic nitrogens is 2. The third-order valence-corrected chi connectivity index (χ3v) is 6.21. The SMILES string of the molecule is CCCCCCCCCCCCc1ccc(-n2ccc(-c3ccc(C(=O)OC)cc3)n2)cc1. The number of unbranched alkanes of at least 4 members (excludes halogenated alkanes) is 9. The lowest BCUT2D eigenvalue weighted by Crippen LogP contribution is -2.00. The number of esters is 1. The third-order valence-electron chi connectivity index (χ3n) is 6.21. The van der Waals surface area contributed by atoms with E-state index in [2.05, 4.69) is 31.2 Å². The second-order valence-electron chi connectivity index (χ2n) is 8.81. The quantitative estimate of drug-likeness (QED) is 0.187. The molecule has 0 N–H and O–H groups in total. The van der Waals surface area contributed by atoms with E-state index in [1.165, 1.54) is 76.9 Å². The van der Waals surface area contributed by atoms with Crippen molar-refractivity contribution >= 4 is 5.97 Å². The Morgan fingerprint density at radius 1 is 0.788 bits per heavy atom. The molecule has 0 spiro atoms. The summed E-state index contributed by atoms with van der Waals surface area (Å²) in [5.41, 5.74) is 4.84. The van der Waals surface area contributed by atoms with E-state index in [0.29, 0.717) is 5.56 Å². The van der Waals surface area contributed by atoms with Crippen molar-refractivity contribution in [3.05, 3.63) is 71.9 Å². The van der Waals surface area contributed by atoms with Gasteiger partial charge in [0, 0.05) is 11.8 Å². The summed E-state index contributed by atoms with van der Waals surface area (Å²) in [6.45, 7) is 2.28. The number of carbonyl (C=O) groups is 1. The molecule has 0 amide bonds. The Labute approximate surface area is 199 Å². The number of methoxy groups -OCH3 is 1. The molecule has 1 aromatic heterocycles. The second kappa shape index (κ2) is 13.6. The monoisotopic (exact) mass is 446 g/mol. The lowest BCUT2D eigenvalue weighted by atomic mass is 10.0. The highest BCUT2D eigenvalue weighted by Crippen LogP contribution is 2.20. The van der Waals surface area contributed by atoms with Gasteiger partial charge in [-0.05, 0) is 48.7 Å². The minimum atomic E-state index is -0.329. The average Bonchev–Trinajstić information content (AvgIpc) is 3.35. The van der Waals surface area contributed by atoms with Crippen LogP contribution >= 0.6 is 0 Å². The molecule has 3 rings (SSSR count). The van der Waals surface area contributed by atoms with Crippen molar-refractivity contribution in [2.75, 3.05) is 7.11 Å². The fraction of sp³-hybridized carbons (Fsp3) is 0.448. The molecule has 0 saturated heterocycles. The number of carbonyl (C=O) groups excluding carboxylic acids is 1. The van der Waals surface area contributed by atoms with Gasteiger partial charge in [0.15, 0.2) is 0 Å². The molecule has 4 heteroatoms. The molecule has 2 aromatic carbocycles. The first-order valence-electron chi connectivity index (χ1n) is 12.5. The van der Waals surface area contributed by atoms with Gasteiger partial charge in [0.25, 0.3) is 0 Å². The standard InChI is InChI=1S/C29H38N2O2/c1-3-4-5-6-7-8-9-10-11-12-13-24-14-20-27(21-15-24)31-23-22-28(30-31)25-16-18-26(19-17-25)29(32)33-2/h14-23H,3-13H2,1-2H3. The molecule has 0 fully saturated rings. The highest BCUT2D eigenvalue weighted by Gasteiger charge is 2.08. The number of rotatable bonds is 14. The van der Waals surface area contributed by atoms with Gasteiger partial charge >= 0.3 is 5.97 Å². The zero-order valence-corrected chi connectivity index (χ0v) is 20.3. The number of hydrogen-bond acceptors (Lipinski definition) is 3. The van der Waals surface area contributed by atoms with Crippen LogP contribution in [-0.4, -0.2) is 22.9 Å². The molecule has 0 unspecified atom stereocenters. The summed E-state index contributed by atoms with van der Waals surface area (Å²) in [6, 6.07) is 18.0. The summed E-state index contributed by atoms with van der Waals surface area (Å²) in [7, 11) is 1.39. The van der Waals surface area contributed by atoms with Crippen molar-refractivity contribution < 1.29 is 9.53 Å². The maximum absolute atomic E-state index is 11.6. The summed E-state index contributed by atoms with van der Waals surface area (Å²) < 4.78 is 6.65. The lowest BCUT2D eigenvalue weighted by Gasteiger charge is -2.05. The molecule has 3 aromatic rings. The van der Waals surface area contributed by atoms with Crippen LogP contribution in [0.1, 0.15) is 87.1 Å². The molecule has 0 radical (unpaired) electrons. The minimum Gasteiger partial charge on any atom is -0.465 e. The number of aryl methyl sites for hydroxylation is 1. The Morgan fingerprint density at radius 3 is 2.00 bits per heavy atom. The van der Waals surface area contributed by atoms with Gasteiger partial charge in [-0.2, -0.15) is 5.10 Å². The Balaban J connectivity index is 1.41. The van der Waals surface area contributed by atoms with E-state index < -0.39 is 0 Å². The Hall–Kier alpha value is -2.88. The van der Waals surface area contributed by atoms with E-state index in [1.54, 1.807) is 12.1 Å². The molecular formula is C29H38N2O2. The van der Waals surface area contributed by atoms with Crippen molar-refractivity contribution in [3.8, 4) is 16.9 Å². The van der Waals surface area contributed by atoms with Gasteiger partial charge in [-0.25, -0.2) is 9.48 Å². The predicted octanol–water partition coefficient (Wildman–Crippen LogP) is 7.79. The van der Waals surface area contributed by atoms with Crippen LogP contribution in [0.25, 0.3) is 16.9 Å². The zero-order chi connectivity index (χ0) is 23.3. The Morgan fingerprint density at radius 2 is 1.39 bits per heavy atom. The van der Waals surface area contributed by atoms with Gasteiger partial charge in [-0.15, -0.1) is 0 Å². The molecule has 0 aliphatic carbocycles. The van der Waals surface area contributed by atoms with Gasteiger partial charge in [-0.3, -0.25) is 0 Å². The van der Waals surface area contributed by atoms with Crippen LogP contribution < -0.4 is 0 Å². The van der Waals surface area contributed by atoms with Gasteiger partial charge in [0.05, 0.1) is 24.1 Å². The van der Waals surface area contributed by atoms with E-state index in [9.17, 15) is 4.79 Å². The van der Waals surface area contributed by atoms with Gasteiger partial charge in [0.1, 0.15) is 0 Å². The van der Waals surface area contributed by atoms with Crippen LogP contribution in [0.3, 0.4) is 0 Å². The van der Waals surface area contributed by atoms with Gasteiger partial charge < -0.3 is 4.74 Å². The van der Waals surface area contributed by atoms with E-state index in [4.69, 9.17) is 9.84 Å². The topological polar surface area (TPSA) is 44.1 Å². The fourth-order valence-electron chi connectivity index (χ4n) is 4.15. The summed E-state index contributed by atoms with van der Waals surface area (Å²) in [6.07, 6.45) is 16.8. The molecule has 0 saturated carbocycles. The number of ether oxygens (including phenoxy) is 1. The molecule has 33 heavy (non-hydrogen) atoms. The first-order valence-corrected chi connectivity index (χ1v) is 12.5. The molecule has 4 nitrogen and oxygen atoms in total. The molecule has 0 atom stereocenters. The maximum atomic E-state index is 11.6. The highest BCUT2D eigenvalue weighted by atomic mass is 16.5. The maximum Gasteiger partial charge on any atom is 0.337 e. The largest absolute Gasteiger partial charge is 0.465 e. The summed E-state index contributed by atoms with van der Waals surface area (Å²) in [5, 5.41) is 4.70. The second-order valence-corrected chi connectivity index (χ2v) is 8.81. The van der Waals surface area contributed by atoms with E-state index in [-0.39, 0.29) is 5.97 Å².